The van der Waals surface area contributed by atoms with E-state index < -0.39 is 18.9 Å². The SMILES string of the molecule is CCOP(=O)(OCC)c1ccc(N2C[C@]3(CCC[C@](C)(Cn4ncc5ccncc54)C3)C(=O)C2=O)nc1. The molecule has 3 aromatic heterocycles. The van der Waals surface area contributed by atoms with E-state index in [0.717, 1.165) is 23.7 Å². The third-order valence-electron chi connectivity index (χ3n) is 7.48. The van der Waals surface area contributed by atoms with Gasteiger partial charge in [-0.15, -0.1) is 0 Å². The highest BCUT2D eigenvalue weighted by atomic mass is 31.2. The van der Waals surface area contributed by atoms with Crippen molar-refractivity contribution in [3.63, 3.8) is 0 Å². The number of Topliss-reactive ketones (excluding diaryl/α,β-unsaturated/α-hetero) is 1. The number of rotatable bonds is 8. The fraction of sp³-hybridized carbons (Fsp3) is 0.500. The lowest BCUT2D eigenvalue weighted by Gasteiger charge is -2.43. The lowest BCUT2D eigenvalue weighted by Crippen LogP contribution is -2.42. The van der Waals surface area contributed by atoms with Gasteiger partial charge in [0.2, 0.25) is 5.78 Å². The molecule has 2 atom stereocenters. The zero-order valence-corrected chi connectivity index (χ0v) is 22.3. The zero-order valence-electron chi connectivity index (χ0n) is 21.4. The molecule has 1 amide bonds. The second-order valence-electron chi connectivity index (χ2n) is 10.3. The highest BCUT2D eigenvalue weighted by molar-refractivity contribution is 7.62. The average Bonchev–Trinajstić information content (AvgIpc) is 3.38. The molecule has 1 aliphatic carbocycles. The summed E-state index contributed by atoms with van der Waals surface area (Å²) in [5.41, 5.74) is -0.0189. The van der Waals surface area contributed by atoms with Crippen molar-refractivity contribution < 1.29 is 23.2 Å². The Labute approximate surface area is 215 Å². The van der Waals surface area contributed by atoms with Gasteiger partial charge in [0.25, 0.3) is 5.91 Å². The van der Waals surface area contributed by atoms with Crippen LogP contribution in [0.5, 0.6) is 0 Å². The van der Waals surface area contributed by atoms with Gasteiger partial charge in [0.05, 0.1) is 41.8 Å². The van der Waals surface area contributed by atoms with Crippen LogP contribution < -0.4 is 10.2 Å². The van der Waals surface area contributed by atoms with Gasteiger partial charge in [0.1, 0.15) is 5.82 Å². The molecule has 11 heteroatoms. The monoisotopic (exact) mass is 525 g/mol. The highest BCUT2D eigenvalue weighted by Crippen LogP contribution is 2.51. The smallest absolute Gasteiger partial charge is 0.305 e. The summed E-state index contributed by atoms with van der Waals surface area (Å²) in [7, 11) is -3.49. The molecule has 37 heavy (non-hydrogen) atoms. The number of hydrogen-bond donors (Lipinski definition) is 0. The van der Waals surface area contributed by atoms with Crippen LogP contribution in [-0.2, 0) is 29.7 Å². The quantitative estimate of drug-likeness (QED) is 0.321. The predicted molar refractivity (Wildman–Crippen MR) is 139 cm³/mol. The molecule has 0 radical (unpaired) electrons. The minimum absolute atomic E-state index is 0.210. The van der Waals surface area contributed by atoms with Crippen LogP contribution in [0, 0.1) is 10.8 Å². The molecule has 2 fully saturated rings. The van der Waals surface area contributed by atoms with Crippen LogP contribution in [-0.4, -0.2) is 51.2 Å². The number of amides is 1. The molecule has 1 saturated carbocycles. The number of anilines is 1. The molecular weight excluding hydrogens is 493 g/mol. The van der Waals surface area contributed by atoms with Gasteiger partial charge in [-0.25, -0.2) is 4.98 Å². The van der Waals surface area contributed by atoms with Crippen molar-refractivity contribution in [1.29, 1.82) is 0 Å². The van der Waals surface area contributed by atoms with Crippen LogP contribution in [0.1, 0.15) is 46.5 Å². The van der Waals surface area contributed by atoms with Crippen molar-refractivity contribution in [2.45, 2.75) is 53.0 Å². The molecule has 0 N–H and O–H groups in total. The van der Waals surface area contributed by atoms with E-state index in [0.29, 0.717) is 30.5 Å². The molecule has 1 aliphatic heterocycles. The van der Waals surface area contributed by atoms with E-state index in [9.17, 15) is 14.2 Å². The molecule has 196 valence electrons. The number of aromatic nitrogens is 4. The summed E-state index contributed by atoms with van der Waals surface area (Å²) >= 11 is 0. The summed E-state index contributed by atoms with van der Waals surface area (Å²) in [6, 6.07) is 5.13. The van der Waals surface area contributed by atoms with Crippen molar-refractivity contribution in [3.8, 4) is 0 Å². The third kappa shape index (κ3) is 4.62. The van der Waals surface area contributed by atoms with Crippen LogP contribution in [0.2, 0.25) is 0 Å². The number of ketones is 1. The van der Waals surface area contributed by atoms with E-state index in [-0.39, 0.29) is 31.0 Å². The molecule has 4 heterocycles. The molecule has 1 spiro atoms. The van der Waals surface area contributed by atoms with E-state index in [4.69, 9.17) is 9.05 Å². The Morgan fingerprint density at radius 2 is 1.84 bits per heavy atom. The lowest BCUT2D eigenvalue weighted by atomic mass is 9.62. The van der Waals surface area contributed by atoms with Gasteiger partial charge in [0.15, 0.2) is 0 Å². The molecule has 0 unspecified atom stereocenters. The van der Waals surface area contributed by atoms with E-state index >= 15 is 0 Å². The van der Waals surface area contributed by atoms with Crippen molar-refractivity contribution in [1.82, 2.24) is 19.7 Å². The molecule has 1 saturated heterocycles. The standard InChI is InChI=1S/C26H32N5O5P/c1-4-35-37(34,36-5-2)20-7-8-22(28-14-20)30-18-26(23(32)24(30)33)11-6-10-25(3,16-26)17-31-21-15-27-12-9-19(21)13-29-31/h7-9,12-15H,4-6,10-11,16-18H2,1-3H3/t25-,26+/m0/s1. The van der Waals surface area contributed by atoms with Crippen molar-refractivity contribution in [3.05, 3.63) is 43.0 Å². The van der Waals surface area contributed by atoms with Crippen molar-refractivity contribution >= 4 is 41.3 Å². The molecule has 2 aliphatic rings. The number of hydrogen-bond acceptors (Lipinski definition) is 8. The number of carbonyl (C=O) groups is 2. The average molecular weight is 526 g/mol. The Kier molecular flexibility index (Phi) is 6.77. The Morgan fingerprint density at radius 1 is 1.05 bits per heavy atom. The number of fused-ring (bicyclic) bond motifs is 1. The highest BCUT2D eigenvalue weighted by Gasteiger charge is 2.56. The fourth-order valence-electron chi connectivity index (χ4n) is 5.92. The molecule has 3 aromatic rings. The Hall–Kier alpha value is -2.94. The van der Waals surface area contributed by atoms with Gasteiger partial charge >= 0.3 is 7.60 Å². The minimum atomic E-state index is -3.49. The van der Waals surface area contributed by atoms with E-state index in [1.807, 2.05) is 23.1 Å². The summed E-state index contributed by atoms with van der Waals surface area (Å²) in [6.45, 7) is 7.03. The summed E-state index contributed by atoms with van der Waals surface area (Å²) in [4.78, 5) is 36.7. The Morgan fingerprint density at radius 3 is 2.54 bits per heavy atom. The maximum atomic E-state index is 13.4. The van der Waals surface area contributed by atoms with Gasteiger partial charge in [-0.3, -0.25) is 28.7 Å². The van der Waals surface area contributed by atoms with Crippen LogP contribution in [0.4, 0.5) is 5.82 Å². The normalized spacial score (nSPS) is 24.5. The molecular formula is C26H32N5O5P. The van der Waals surface area contributed by atoms with E-state index in [2.05, 4.69) is 22.0 Å². The lowest BCUT2D eigenvalue weighted by molar-refractivity contribution is -0.140. The van der Waals surface area contributed by atoms with Crippen molar-refractivity contribution in [2.75, 3.05) is 24.7 Å². The first-order valence-electron chi connectivity index (χ1n) is 12.7. The van der Waals surface area contributed by atoms with Gasteiger partial charge in [0, 0.05) is 30.9 Å². The van der Waals surface area contributed by atoms with Crippen LogP contribution in [0.25, 0.3) is 10.9 Å². The summed E-state index contributed by atoms with van der Waals surface area (Å²) in [5, 5.41) is 5.90. The first-order valence-corrected chi connectivity index (χ1v) is 14.2. The summed E-state index contributed by atoms with van der Waals surface area (Å²) < 4.78 is 25.8. The summed E-state index contributed by atoms with van der Waals surface area (Å²) in [5.74, 6) is -0.545. The molecule has 10 nitrogen and oxygen atoms in total. The number of nitrogens with zero attached hydrogens (tertiary/aromatic N) is 5. The molecule has 5 rings (SSSR count). The first-order chi connectivity index (χ1) is 17.7. The van der Waals surface area contributed by atoms with E-state index in [1.165, 1.54) is 11.1 Å². The Balaban J connectivity index is 1.37. The zero-order chi connectivity index (χ0) is 26.3. The second-order valence-corrected chi connectivity index (χ2v) is 12.3. The number of pyridine rings is 2. The van der Waals surface area contributed by atoms with E-state index in [1.54, 1.807) is 32.2 Å². The predicted octanol–water partition coefficient (Wildman–Crippen LogP) is 3.90. The van der Waals surface area contributed by atoms with Gasteiger partial charge < -0.3 is 9.05 Å². The topological polar surface area (TPSA) is 117 Å². The van der Waals surface area contributed by atoms with Gasteiger partial charge in [-0.2, -0.15) is 5.10 Å². The van der Waals surface area contributed by atoms with Crippen LogP contribution in [0.3, 0.4) is 0 Å². The Bertz CT molecular complexity index is 1370. The van der Waals surface area contributed by atoms with Crippen LogP contribution >= 0.6 is 7.60 Å². The minimum Gasteiger partial charge on any atom is -0.305 e. The van der Waals surface area contributed by atoms with Crippen molar-refractivity contribution in [2.24, 2.45) is 10.8 Å². The van der Waals surface area contributed by atoms with Gasteiger partial charge in [-0.1, -0.05) is 13.3 Å². The third-order valence-corrected chi connectivity index (χ3v) is 9.58. The maximum Gasteiger partial charge on any atom is 0.362 e. The second kappa shape index (κ2) is 9.74. The summed E-state index contributed by atoms with van der Waals surface area (Å²) in [6.07, 6.45) is 9.83. The molecule has 0 aromatic carbocycles. The first kappa shape index (κ1) is 25.7. The largest absolute Gasteiger partial charge is 0.362 e. The maximum absolute atomic E-state index is 13.4. The fourth-order valence-corrected chi connectivity index (χ4v) is 7.43. The number of carbonyl (C=O) groups excluding carboxylic acids is 2. The van der Waals surface area contributed by atoms with Gasteiger partial charge in [-0.05, 0) is 56.7 Å². The van der Waals surface area contributed by atoms with Crippen LogP contribution in [0.15, 0.2) is 43.0 Å². The molecule has 0 bridgehead atoms.